The molecule has 0 bridgehead atoms. The Balaban J connectivity index is 1.34. The number of ether oxygens (including phenoxy) is 2. The van der Waals surface area contributed by atoms with Crippen LogP contribution in [0.1, 0.15) is 11.4 Å². The average molecular weight is 437 g/mol. The van der Waals surface area contributed by atoms with Gasteiger partial charge in [0.1, 0.15) is 29.3 Å². The molecule has 0 atom stereocenters. The van der Waals surface area contributed by atoms with Crippen molar-refractivity contribution in [3.63, 3.8) is 0 Å². The Morgan fingerprint density at radius 3 is 2.56 bits per heavy atom. The fraction of sp³-hybridized carbons (Fsp3) is 0.348. The molecule has 0 aliphatic carbocycles. The number of amides is 2. The zero-order valence-corrected chi connectivity index (χ0v) is 18.6. The van der Waals surface area contributed by atoms with E-state index >= 15 is 0 Å². The van der Waals surface area contributed by atoms with E-state index in [-0.39, 0.29) is 6.03 Å². The van der Waals surface area contributed by atoms with Crippen LogP contribution in [-0.4, -0.2) is 66.1 Å². The van der Waals surface area contributed by atoms with E-state index in [0.29, 0.717) is 25.5 Å². The minimum absolute atomic E-state index is 0.0537. The molecule has 2 amide bonds. The van der Waals surface area contributed by atoms with E-state index in [1.807, 2.05) is 54.3 Å². The molecule has 3 aromatic rings. The van der Waals surface area contributed by atoms with E-state index in [1.165, 1.54) is 0 Å². The molecule has 1 fully saturated rings. The van der Waals surface area contributed by atoms with Gasteiger partial charge >= 0.3 is 6.03 Å². The molecule has 1 aliphatic heterocycles. The monoisotopic (exact) mass is 436 g/mol. The molecule has 2 aromatic carbocycles. The molecule has 9 nitrogen and oxygen atoms in total. The number of anilines is 1. The maximum atomic E-state index is 12.6. The number of methoxy groups -OCH3 is 2. The molecule has 1 N–H and O–H groups in total. The minimum atomic E-state index is -0.0537. The van der Waals surface area contributed by atoms with Crippen molar-refractivity contribution in [1.82, 2.24) is 25.0 Å². The van der Waals surface area contributed by atoms with Gasteiger partial charge in [-0.25, -0.2) is 14.5 Å². The summed E-state index contributed by atoms with van der Waals surface area (Å²) in [6.07, 6.45) is 1.68. The second-order valence-corrected chi connectivity index (χ2v) is 7.58. The number of benzene rings is 2. The summed E-state index contributed by atoms with van der Waals surface area (Å²) in [6, 6.07) is 13.7. The van der Waals surface area contributed by atoms with Gasteiger partial charge in [0, 0.05) is 44.5 Å². The summed E-state index contributed by atoms with van der Waals surface area (Å²) in [5.41, 5.74) is 2.90. The second kappa shape index (κ2) is 9.59. The van der Waals surface area contributed by atoms with Crippen LogP contribution in [0, 0.1) is 6.92 Å². The molecule has 0 saturated carbocycles. The van der Waals surface area contributed by atoms with Crippen molar-refractivity contribution in [2.24, 2.45) is 0 Å². The highest BCUT2D eigenvalue weighted by atomic mass is 16.5. The van der Waals surface area contributed by atoms with E-state index in [1.54, 1.807) is 25.2 Å². The molecule has 1 saturated heterocycles. The third-order valence-electron chi connectivity index (χ3n) is 5.53. The normalized spacial score (nSPS) is 13.7. The lowest BCUT2D eigenvalue weighted by Gasteiger charge is -2.36. The first kappa shape index (κ1) is 21.5. The third-order valence-corrected chi connectivity index (χ3v) is 5.53. The van der Waals surface area contributed by atoms with Crippen LogP contribution in [0.3, 0.4) is 0 Å². The van der Waals surface area contributed by atoms with Crippen molar-refractivity contribution in [1.29, 1.82) is 0 Å². The Morgan fingerprint density at radius 1 is 1.06 bits per heavy atom. The molecule has 0 radical (unpaired) electrons. The number of hydrogen-bond acceptors (Lipinski definition) is 6. The van der Waals surface area contributed by atoms with Crippen molar-refractivity contribution in [3.8, 4) is 17.2 Å². The lowest BCUT2D eigenvalue weighted by Crippen LogP contribution is -2.51. The number of piperazine rings is 1. The predicted molar refractivity (Wildman–Crippen MR) is 122 cm³/mol. The molecule has 9 heteroatoms. The first-order chi connectivity index (χ1) is 15.6. The van der Waals surface area contributed by atoms with Gasteiger partial charge in [0.05, 0.1) is 14.2 Å². The predicted octanol–water partition coefficient (Wildman–Crippen LogP) is 2.62. The lowest BCUT2D eigenvalue weighted by atomic mass is 10.2. The number of aromatic nitrogens is 3. The first-order valence-electron chi connectivity index (χ1n) is 10.5. The van der Waals surface area contributed by atoms with Crippen LogP contribution >= 0.6 is 0 Å². The molecular formula is C23H28N6O3. The molecular weight excluding hydrogens is 408 g/mol. The fourth-order valence-electron chi connectivity index (χ4n) is 3.75. The molecule has 0 unspecified atom stereocenters. The summed E-state index contributed by atoms with van der Waals surface area (Å²) in [5, 5.41) is 7.36. The van der Waals surface area contributed by atoms with Crippen LogP contribution in [0.25, 0.3) is 5.69 Å². The average Bonchev–Trinajstić information content (AvgIpc) is 3.28. The van der Waals surface area contributed by atoms with Gasteiger partial charge in [-0.1, -0.05) is 12.1 Å². The Bertz CT molecular complexity index is 1080. The molecule has 0 spiro atoms. The first-order valence-corrected chi connectivity index (χ1v) is 10.5. The molecule has 32 heavy (non-hydrogen) atoms. The summed E-state index contributed by atoms with van der Waals surface area (Å²) in [5.74, 6) is 2.22. The fourth-order valence-corrected chi connectivity index (χ4v) is 3.75. The number of nitrogens with zero attached hydrogens (tertiary/aromatic N) is 5. The van der Waals surface area contributed by atoms with Crippen molar-refractivity contribution in [2.75, 3.05) is 45.3 Å². The summed E-state index contributed by atoms with van der Waals surface area (Å²) in [7, 11) is 3.28. The quantitative estimate of drug-likeness (QED) is 0.640. The van der Waals surface area contributed by atoms with Crippen LogP contribution in [-0.2, 0) is 6.54 Å². The van der Waals surface area contributed by atoms with E-state index in [4.69, 9.17) is 9.47 Å². The van der Waals surface area contributed by atoms with E-state index in [2.05, 4.69) is 20.3 Å². The highest BCUT2D eigenvalue weighted by Gasteiger charge is 2.22. The maximum Gasteiger partial charge on any atom is 0.317 e. The highest BCUT2D eigenvalue weighted by molar-refractivity contribution is 5.74. The van der Waals surface area contributed by atoms with Gasteiger partial charge in [0.15, 0.2) is 0 Å². The van der Waals surface area contributed by atoms with Crippen LogP contribution in [0.2, 0.25) is 0 Å². The highest BCUT2D eigenvalue weighted by Crippen LogP contribution is 2.29. The number of carbonyl (C=O) groups excluding carboxylic acids is 1. The van der Waals surface area contributed by atoms with E-state index in [9.17, 15) is 4.79 Å². The summed E-state index contributed by atoms with van der Waals surface area (Å²) in [4.78, 5) is 20.9. The molecule has 168 valence electrons. The number of rotatable bonds is 6. The Hall–Kier alpha value is -3.75. The van der Waals surface area contributed by atoms with Gasteiger partial charge in [-0.05, 0) is 36.8 Å². The topological polar surface area (TPSA) is 84.8 Å². The van der Waals surface area contributed by atoms with Gasteiger partial charge in [0.25, 0.3) is 0 Å². The van der Waals surface area contributed by atoms with Crippen molar-refractivity contribution in [3.05, 3.63) is 60.2 Å². The zero-order chi connectivity index (χ0) is 22.5. The van der Waals surface area contributed by atoms with Gasteiger partial charge in [-0.3, -0.25) is 0 Å². The van der Waals surface area contributed by atoms with Crippen LogP contribution in [0.4, 0.5) is 10.5 Å². The van der Waals surface area contributed by atoms with Crippen LogP contribution in [0.5, 0.6) is 11.5 Å². The van der Waals surface area contributed by atoms with Crippen LogP contribution in [0.15, 0.2) is 48.8 Å². The molecule has 1 aliphatic rings. The second-order valence-electron chi connectivity index (χ2n) is 7.58. The standard InChI is InChI=1S/C23H28N6O3/c1-17-25-16-29(26-17)21-8-7-19(14-22(21)32-3)27-9-11-28(12-10-27)23(30)24-15-18-5-4-6-20(13-18)31-2/h4-8,13-14,16H,9-12,15H2,1-3H3,(H,24,30). The summed E-state index contributed by atoms with van der Waals surface area (Å²) in [6.45, 7) is 5.11. The Kier molecular flexibility index (Phi) is 6.44. The number of urea groups is 1. The minimum Gasteiger partial charge on any atom is -0.497 e. The van der Waals surface area contributed by atoms with Gasteiger partial charge in [-0.2, -0.15) is 5.10 Å². The SMILES string of the molecule is COc1cccc(CNC(=O)N2CCN(c3ccc(-n4cnc(C)n4)c(OC)c3)CC2)c1. The van der Waals surface area contributed by atoms with Gasteiger partial charge < -0.3 is 24.6 Å². The molecule has 2 heterocycles. The number of carbonyl (C=O) groups is 1. The van der Waals surface area contributed by atoms with Gasteiger partial charge in [-0.15, -0.1) is 0 Å². The van der Waals surface area contributed by atoms with Gasteiger partial charge in [0.2, 0.25) is 0 Å². The molecule has 1 aromatic heterocycles. The largest absolute Gasteiger partial charge is 0.497 e. The van der Waals surface area contributed by atoms with E-state index < -0.39 is 0 Å². The third kappa shape index (κ3) is 4.77. The van der Waals surface area contributed by atoms with Crippen LogP contribution < -0.4 is 19.7 Å². The van der Waals surface area contributed by atoms with Crippen molar-refractivity contribution in [2.45, 2.75) is 13.5 Å². The number of hydrogen-bond donors (Lipinski definition) is 1. The van der Waals surface area contributed by atoms with E-state index in [0.717, 1.165) is 41.5 Å². The zero-order valence-electron chi connectivity index (χ0n) is 18.6. The Morgan fingerprint density at radius 2 is 1.88 bits per heavy atom. The molecule has 4 rings (SSSR count). The number of aryl methyl sites for hydroxylation is 1. The number of nitrogens with one attached hydrogen (secondary N) is 1. The summed E-state index contributed by atoms with van der Waals surface area (Å²) < 4.78 is 12.5. The van der Waals surface area contributed by atoms with Crippen molar-refractivity contribution >= 4 is 11.7 Å². The summed E-state index contributed by atoms with van der Waals surface area (Å²) >= 11 is 0. The Labute approximate surface area is 187 Å². The maximum absolute atomic E-state index is 12.6. The van der Waals surface area contributed by atoms with Crippen molar-refractivity contribution < 1.29 is 14.3 Å². The smallest absolute Gasteiger partial charge is 0.317 e. The lowest BCUT2D eigenvalue weighted by molar-refractivity contribution is 0.194.